The molecule has 0 saturated heterocycles. The van der Waals surface area contributed by atoms with E-state index in [9.17, 15) is 13.6 Å². The lowest BCUT2D eigenvalue weighted by molar-refractivity contribution is 0.0818. The quantitative estimate of drug-likeness (QED) is 0.656. The molecule has 3 rings (SSSR count). The van der Waals surface area contributed by atoms with E-state index in [0.29, 0.717) is 18.2 Å². The summed E-state index contributed by atoms with van der Waals surface area (Å²) in [7, 11) is 0. The highest BCUT2D eigenvalue weighted by atomic mass is 19.3. The molecule has 1 N–H and O–H groups in total. The van der Waals surface area contributed by atoms with Crippen LogP contribution in [0.4, 0.5) is 13.6 Å². The maximum atomic E-state index is 12.9. The number of hydrogen-bond donors (Lipinski definition) is 1. The summed E-state index contributed by atoms with van der Waals surface area (Å²) in [5.41, 5.74) is 1.90. The van der Waals surface area contributed by atoms with Crippen LogP contribution in [0.3, 0.4) is 0 Å². The van der Waals surface area contributed by atoms with Gasteiger partial charge in [0, 0.05) is 13.1 Å². The fraction of sp³-hybridized carbons (Fsp3) is 0.409. The number of benzene rings is 2. The number of urea groups is 1. The van der Waals surface area contributed by atoms with Crippen molar-refractivity contribution in [2.24, 2.45) is 5.92 Å². The molecule has 0 aliphatic heterocycles. The predicted octanol–water partition coefficient (Wildman–Crippen LogP) is 5.01. The van der Waals surface area contributed by atoms with Gasteiger partial charge in [-0.3, -0.25) is 0 Å². The Hall–Kier alpha value is -2.63. The van der Waals surface area contributed by atoms with Crippen molar-refractivity contribution in [3.05, 3.63) is 65.7 Å². The molecule has 2 aromatic carbocycles. The number of alkyl halides is 2. The Morgan fingerprint density at radius 1 is 1.18 bits per heavy atom. The highest BCUT2D eigenvalue weighted by Gasteiger charge is 2.30. The third-order valence-corrected chi connectivity index (χ3v) is 4.88. The minimum absolute atomic E-state index is 0.0255. The van der Waals surface area contributed by atoms with E-state index >= 15 is 0 Å². The van der Waals surface area contributed by atoms with E-state index in [1.807, 2.05) is 48.2 Å². The van der Waals surface area contributed by atoms with Gasteiger partial charge in [-0.15, -0.1) is 0 Å². The first kappa shape index (κ1) is 20.1. The number of carbonyl (C=O) groups is 1. The Labute approximate surface area is 164 Å². The zero-order valence-electron chi connectivity index (χ0n) is 16.0. The van der Waals surface area contributed by atoms with Crippen molar-refractivity contribution >= 4 is 6.03 Å². The maximum Gasteiger partial charge on any atom is 0.318 e. The van der Waals surface area contributed by atoms with E-state index in [0.717, 1.165) is 30.5 Å². The zero-order valence-corrected chi connectivity index (χ0v) is 16.0. The lowest BCUT2D eigenvalue weighted by Gasteiger charge is -2.30. The van der Waals surface area contributed by atoms with Crippen LogP contribution in [0.1, 0.15) is 36.9 Å². The SMILES string of the molecule is CC(c1ccccc1)N(CC1CC1)C(=O)NCc1cccc(OCC(F)F)c1. The molecule has 1 fully saturated rings. The van der Waals surface area contributed by atoms with Gasteiger partial charge in [0.05, 0.1) is 6.04 Å². The molecule has 4 nitrogen and oxygen atoms in total. The molecule has 1 unspecified atom stereocenters. The summed E-state index contributed by atoms with van der Waals surface area (Å²) in [6.07, 6.45) is -0.192. The average Bonchev–Trinajstić information content (AvgIpc) is 3.53. The van der Waals surface area contributed by atoms with Gasteiger partial charge in [-0.2, -0.15) is 0 Å². The van der Waals surface area contributed by atoms with Crippen LogP contribution in [0.25, 0.3) is 0 Å². The molecule has 0 aromatic heterocycles. The molecular formula is C22H26F2N2O2. The van der Waals surface area contributed by atoms with Crippen molar-refractivity contribution in [2.45, 2.75) is 38.8 Å². The molecule has 6 heteroatoms. The number of halogens is 2. The van der Waals surface area contributed by atoms with E-state index in [1.54, 1.807) is 18.2 Å². The van der Waals surface area contributed by atoms with E-state index in [-0.39, 0.29) is 12.1 Å². The fourth-order valence-corrected chi connectivity index (χ4v) is 3.09. The van der Waals surface area contributed by atoms with Gasteiger partial charge >= 0.3 is 6.03 Å². The minimum atomic E-state index is -2.51. The maximum absolute atomic E-state index is 12.9. The standard InChI is InChI=1S/C22H26F2N2O2/c1-16(19-7-3-2-4-8-19)26(14-17-10-11-17)22(27)25-13-18-6-5-9-20(12-18)28-15-21(23)24/h2-9,12,16-17,21H,10-11,13-15H2,1H3,(H,25,27). The second kappa shape index (κ2) is 9.53. The molecule has 150 valence electrons. The average molecular weight is 388 g/mol. The van der Waals surface area contributed by atoms with Crippen LogP contribution in [-0.2, 0) is 6.54 Å². The van der Waals surface area contributed by atoms with Crippen LogP contribution in [-0.4, -0.2) is 30.5 Å². The second-order valence-corrected chi connectivity index (χ2v) is 7.19. The molecular weight excluding hydrogens is 362 g/mol. The van der Waals surface area contributed by atoms with Gasteiger partial charge < -0.3 is 15.0 Å². The van der Waals surface area contributed by atoms with E-state index < -0.39 is 13.0 Å². The molecule has 1 aliphatic carbocycles. The predicted molar refractivity (Wildman–Crippen MR) is 104 cm³/mol. The molecule has 1 aliphatic rings. The van der Waals surface area contributed by atoms with Gasteiger partial charge in [0.2, 0.25) is 0 Å². The van der Waals surface area contributed by atoms with Crippen LogP contribution < -0.4 is 10.1 Å². The normalized spacial score (nSPS) is 14.6. The van der Waals surface area contributed by atoms with Crippen molar-refractivity contribution in [1.82, 2.24) is 10.2 Å². The molecule has 2 aromatic rings. The van der Waals surface area contributed by atoms with Gasteiger partial charge in [0.1, 0.15) is 12.4 Å². The van der Waals surface area contributed by atoms with E-state index in [4.69, 9.17) is 4.74 Å². The first-order valence-electron chi connectivity index (χ1n) is 9.62. The third-order valence-electron chi connectivity index (χ3n) is 4.88. The van der Waals surface area contributed by atoms with Gasteiger partial charge in [0.25, 0.3) is 6.43 Å². The Bertz CT molecular complexity index is 766. The van der Waals surface area contributed by atoms with Crippen molar-refractivity contribution < 1.29 is 18.3 Å². The summed E-state index contributed by atoms with van der Waals surface area (Å²) in [5.74, 6) is 0.947. The first-order valence-corrected chi connectivity index (χ1v) is 9.62. The van der Waals surface area contributed by atoms with Crippen LogP contribution in [0, 0.1) is 5.92 Å². The lowest BCUT2D eigenvalue weighted by atomic mass is 10.1. The summed E-state index contributed by atoms with van der Waals surface area (Å²) in [4.78, 5) is 14.8. The number of carbonyl (C=O) groups excluding carboxylic acids is 1. The number of rotatable bonds is 9. The van der Waals surface area contributed by atoms with Crippen molar-refractivity contribution in [2.75, 3.05) is 13.2 Å². The Balaban J connectivity index is 1.61. The Kier molecular flexibility index (Phi) is 6.85. The van der Waals surface area contributed by atoms with Gasteiger partial charge in [0.15, 0.2) is 0 Å². The molecule has 0 bridgehead atoms. The third kappa shape index (κ3) is 5.94. The fourth-order valence-electron chi connectivity index (χ4n) is 3.09. The van der Waals surface area contributed by atoms with Gasteiger partial charge in [-0.1, -0.05) is 42.5 Å². The summed E-state index contributed by atoms with van der Waals surface area (Å²) in [6.45, 7) is 2.45. The molecule has 0 heterocycles. The zero-order chi connectivity index (χ0) is 19.9. The van der Waals surface area contributed by atoms with Crippen LogP contribution in [0.2, 0.25) is 0 Å². The minimum Gasteiger partial charge on any atom is -0.488 e. The topological polar surface area (TPSA) is 41.6 Å². The number of ether oxygens (including phenoxy) is 1. The monoisotopic (exact) mass is 388 g/mol. The van der Waals surface area contributed by atoms with Gasteiger partial charge in [-0.25, -0.2) is 13.6 Å². The van der Waals surface area contributed by atoms with E-state index in [1.165, 1.54) is 0 Å². The van der Waals surface area contributed by atoms with Crippen LogP contribution >= 0.6 is 0 Å². The molecule has 1 saturated carbocycles. The van der Waals surface area contributed by atoms with Crippen LogP contribution in [0.15, 0.2) is 54.6 Å². The molecule has 2 amide bonds. The van der Waals surface area contributed by atoms with Gasteiger partial charge in [-0.05, 0) is 48.9 Å². The number of nitrogens with one attached hydrogen (secondary N) is 1. The summed E-state index contributed by atoms with van der Waals surface area (Å²) in [5, 5.41) is 2.96. The molecule has 0 radical (unpaired) electrons. The second-order valence-electron chi connectivity index (χ2n) is 7.19. The van der Waals surface area contributed by atoms with Crippen molar-refractivity contribution in [3.8, 4) is 5.75 Å². The van der Waals surface area contributed by atoms with Crippen molar-refractivity contribution in [3.63, 3.8) is 0 Å². The Morgan fingerprint density at radius 2 is 1.93 bits per heavy atom. The van der Waals surface area contributed by atoms with Crippen molar-refractivity contribution in [1.29, 1.82) is 0 Å². The molecule has 28 heavy (non-hydrogen) atoms. The summed E-state index contributed by atoms with van der Waals surface area (Å²) < 4.78 is 29.6. The van der Waals surface area contributed by atoms with E-state index in [2.05, 4.69) is 5.32 Å². The lowest BCUT2D eigenvalue weighted by Crippen LogP contribution is -2.42. The highest BCUT2D eigenvalue weighted by Crippen LogP contribution is 2.32. The Morgan fingerprint density at radius 3 is 2.61 bits per heavy atom. The number of nitrogens with zero attached hydrogens (tertiary/aromatic N) is 1. The summed E-state index contributed by atoms with van der Waals surface area (Å²) in [6, 6.07) is 16.7. The highest BCUT2D eigenvalue weighted by molar-refractivity contribution is 5.74. The molecule has 0 spiro atoms. The smallest absolute Gasteiger partial charge is 0.318 e. The number of amides is 2. The largest absolute Gasteiger partial charge is 0.488 e. The van der Waals surface area contributed by atoms with Crippen LogP contribution in [0.5, 0.6) is 5.75 Å². The number of hydrogen-bond acceptors (Lipinski definition) is 2. The molecule has 1 atom stereocenters. The first-order chi connectivity index (χ1) is 13.5. The summed E-state index contributed by atoms with van der Waals surface area (Å²) >= 11 is 0.